The fourth-order valence-electron chi connectivity index (χ4n) is 3.78. The topological polar surface area (TPSA) is 61.4 Å². The summed E-state index contributed by atoms with van der Waals surface area (Å²) in [4.78, 5) is 27.1. The second kappa shape index (κ2) is 10.5. The van der Waals surface area contributed by atoms with Gasteiger partial charge in [-0.1, -0.05) is 44.2 Å². The molecule has 2 aromatic rings. The number of hydrogen-bond acceptors (Lipinski definition) is 3. The zero-order valence-corrected chi connectivity index (χ0v) is 19.3. The highest BCUT2D eigenvalue weighted by molar-refractivity contribution is 7.80. The van der Waals surface area contributed by atoms with Crippen molar-refractivity contribution in [2.24, 2.45) is 5.92 Å². The number of carbonyl (C=O) groups excluding carboxylic acids is 2. The highest BCUT2D eigenvalue weighted by Crippen LogP contribution is 2.19. The summed E-state index contributed by atoms with van der Waals surface area (Å²) >= 11 is 5.33. The van der Waals surface area contributed by atoms with Crippen LogP contribution in [0.4, 0.5) is 5.69 Å². The van der Waals surface area contributed by atoms with Gasteiger partial charge in [0.1, 0.15) is 0 Å². The predicted molar refractivity (Wildman–Crippen MR) is 129 cm³/mol. The second-order valence-corrected chi connectivity index (χ2v) is 8.99. The van der Waals surface area contributed by atoms with Crippen molar-refractivity contribution in [2.45, 2.75) is 46.0 Å². The van der Waals surface area contributed by atoms with E-state index in [4.69, 9.17) is 12.2 Å². The number of anilines is 1. The Hall–Kier alpha value is -2.73. The fourth-order valence-corrected chi connectivity index (χ4v) is 4.00. The summed E-state index contributed by atoms with van der Waals surface area (Å²) < 4.78 is 0. The first kappa shape index (κ1) is 22.9. The van der Waals surface area contributed by atoms with E-state index in [1.165, 1.54) is 5.56 Å². The molecule has 0 bridgehead atoms. The highest BCUT2D eigenvalue weighted by Gasteiger charge is 2.20. The molecular formula is C25H31N3O2S. The lowest BCUT2D eigenvalue weighted by atomic mass is 9.96. The van der Waals surface area contributed by atoms with Crippen LogP contribution in [0.5, 0.6) is 0 Å². The van der Waals surface area contributed by atoms with Crippen LogP contribution in [-0.2, 0) is 11.2 Å². The van der Waals surface area contributed by atoms with Gasteiger partial charge in [0.25, 0.3) is 5.91 Å². The lowest BCUT2D eigenvalue weighted by Gasteiger charge is -2.17. The molecule has 0 aliphatic carbocycles. The molecule has 6 heteroatoms. The smallest absolute Gasteiger partial charge is 0.253 e. The van der Waals surface area contributed by atoms with Gasteiger partial charge in [0.15, 0.2) is 5.11 Å². The van der Waals surface area contributed by atoms with E-state index in [0.29, 0.717) is 17.2 Å². The number of benzene rings is 2. The Morgan fingerprint density at radius 3 is 2.35 bits per heavy atom. The van der Waals surface area contributed by atoms with Gasteiger partial charge in [0.05, 0.1) is 5.92 Å². The van der Waals surface area contributed by atoms with E-state index in [9.17, 15) is 9.59 Å². The molecule has 2 amide bonds. The molecule has 5 nitrogen and oxygen atoms in total. The molecule has 3 rings (SSSR count). The molecule has 2 N–H and O–H groups in total. The van der Waals surface area contributed by atoms with Crippen molar-refractivity contribution in [2.75, 3.05) is 18.4 Å². The molecule has 1 fully saturated rings. The summed E-state index contributed by atoms with van der Waals surface area (Å²) in [6, 6.07) is 15.4. The Kier molecular flexibility index (Phi) is 7.80. The molecule has 1 atom stereocenters. The van der Waals surface area contributed by atoms with Crippen LogP contribution in [0, 0.1) is 5.92 Å². The van der Waals surface area contributed by atoms with Crippen LogP contribution in [0.2, 0.25) is 0 Å². The zero-order valence-electron chi connectivity index (χ0n) is 18.5. The number of nitrogens with zero attached hydrogens (tertiary/aromatic N) is 1. The van der Waals surface area contributed by atoms with Crippen LogP contribution < -0.4 is 10.6 Å². The number of nitrogens with one attached hydrogen (secondary N) is 2. The third-order valence-electron chi connectivity index (χ3n) is 5.51. The average molecular weight is 438 g/mol. The van der Waals surface area contributed by atoms with Gasteiger partial charge in [0.2, 0.25) is 5.91 Å². The van der Waals surface area contributed by atoms with Gasteiger partial charge in [-0.2, -0.15) is 0 Å². The first-order valence-corrected chi connectivity index (χ1v) is 11.3. The van der Waals surface area contributed by atoms with E-state index in [1.54, 1.807) is 12.1 Å². The normalized spacial score (nSPS) is 14.4. The number of rotatable bonds is 6. The Morgan fingerprint density at radius 1 is 1.03 bits per heavy atom. The lowest BCUT2D eigenvalue weighted by Crippen LogP contribution is -2.36. The van der Waals surface area contributed by atoms with E-state index >= 15 is 0 Å². The first-order chi connectivity index (χ1) is 14.8. The van der Waals surface area contributed by atoms with Crippen molar-refractivity contribution in [3.63, 3.8) is 0 Å². The van der Waals surface area contributed by atoms with Crippen LogP contribution in [-0.4, -0.2) is 34.9 Å². The molecule has 0 saturated carbocycles. The molecule has 1 aliphatic rings. The third kappa shape index (κ3) is 6.37. The maximum atomic E-state index is 12.7. The number of thiocarbonyl (C=S) groups is 1. The van der Waals surface area contributed by atoms with Gasteiger partial charge in [-0.05, 0) is 73.6 Å². The second-order valence-electron chi connectivity index (χ2n) is 8.58. The van der Waals surface area contributed by atoms with Crippen LogP contribution in [0.3, 0.4) is 0 Å². The largest absolute Gasteiger partial charge is 0.339 e. The summed E-state index contributed by atoms with van der Waals surface area (Å²) in [5, 5.41) is 6.01. The quantitative estimate of drug-likeness (QED) is 0.641. The van der Waals surface area contributed by atoms with Crippen molar-refractivity contribution < 1.29 is 9.59 Å². The summed E-state index contributed by atoms with van der Waals surface area (Å²) in [5.74, 6) is 0.138. The minimum absolute atomic E-state index is 0.0330. The van der Waals surface area contributed by atoms with Gasteiger partial charge in [-0.15, -0.1) is 0 Å². The molecule has 1 aliphatic heterocycles. The van der Waals surface area contributed by atoms with Crippen LogP contribution >= 0.6 is 12.2 Å². The Bertz CT molecular complexity index is 934. The van der Waals surface area contributed by atoms with Crippen molar-refractivity contribution in [1.82, 2.24) is 10.2 Å². The first-order valence-electron chi connectivity index (χ1n) is 10.9. The lowest BCUT2D eigenvalue weighted by molar-refractivity contribution is -0.120. The van der Waals surface area contributed by atoms with Crippen molar-refractivity contribution in [3.8, 4) is 0 Å². The molecule has 1 unspecified atom stereocenters. The zero-order chi connectivity index (χ0) is 22.4. The minimum atomic E-state index is -0.323. The number of hydrogen-bond donors (Lipinski definition) is 2. The molecule has 1 saturated heterocycles. The number of likely N-dealkylation sites (tertiary alicyclic amines) is 1. The van der Waals surface area contributed by atoms with Crippen molar-refractivity contribution in [3.05, 3.63) is 65.2 Å². The van der Waals surface area contributed by atoms with E-state index in [-0.39, 0.29) is 22.8 Å². The van der Waals surface area contributed by atoms with Gasteiger partial charge in [0, 0.05) is 24.3 Å². The molecule has 0 spiro atoms. The molecule has 0 radical (unpaired) electrons. The van der Waals surface area contributed by atoms with Gasteiger partial charge < -0.3 is 15.5 Å². The fraction of sp³-hybridized carbons (Fsp3) is 0.400. The van der Waals surface area contributed by atoms with Crippen LogP contribution in [0.1, 0.15) is 61.0 Å². The van der Waals surface area contributed by atoms with Crippen LogP contribution in [0.25, 0.3) is 0 Å². The number of carbonyl (C=O) groups is 2. The summed E-state index contributed by atoms with van der Waals surface area (Å²) in [6.07, 6.45) is 3.13. The molecular weight excluding hydrogens is 406 g/mol. The molecule has 0 aromatic heterocycles. The van der Waals surface area contributed by atoms with E-state index in [1.807, 2.05) is 36.1 Å². The standard InChI is InChI=1S/C25H31N3O2S/c1-17(2)15-19-9-11-20(12-10-19)18(3)23(29)27-25(31)26-22-8-6-7-21(16-22)24(30)28-13-4-5-14-28/h6-12,16-18H,4-5,13-15H2,1-3H3,(H2,26,27,29,31). The Morgan fingerprint density at radius 2 is 1.71 bits per heavy atom. The minimum Gasteiger partial charge on any atom is -0.339 e. The summed E-state index contributed by atoms with van der Waals surface area (Å²) in [5.41, 5.74) is 3.52. The summed E-state index contributed by atoms with van der Waals surface area (Å²) in [7, 11) is 0. The van der Waals surface area contributed by atoms with E-state index in [0.717, 1.165) is 37.9 Å². The number of amides is 2. The van der Waals surface area contributed by atoms with E-state index < -0.39 is 0 Å². The maximum absolute atomic E-state index is 12.7. The SMILES string of the molecule is CC(C)Cc1ccc(C(C)C(=O)NC(=S)Nc2cccc(C(=O)N3CCCC3)c2)cc1. The Labute approximate surface area is 190 Å². The Balaban J connectivity index is 1.57. The van der Waals surface area contributed by atoms with Gasteiger partial charge in [-0.3, -0.25) is 9.59 Å². The van der Waals surface area contributed by atoms with Crippen LogP contribution in [0.15, 0.2) is 48.5 Å². The summed E-state index contributed by atoms with van der Waals surface area (Å²) in [6.45, 7) is 7.86. The molecule has 2 aromatic carbocycles. The predicted octanol–water partition coefficient (Wildman–Crippen LogP) is 4.74. The van der Waals surface area contributed by atoms with E-state index in [2.05, 4.69) is 36.6 Å². The molecule has 31 heavy (non-hydrogen) atoms. The highest BCUT2D eigenvalue weighted by atomic mass is 32.1. The molecule has 1 heterocycles. The van der Waals surface area contributed by atoms with Crippen molar-refractivity contribution >= 4 is 34.8 Å². The monoisotopic (exact) mass is 437 g/mol. The maximum Gasteiger partial charge on any atom is 0.253 e. The van der Waals surface area contributed by atoms with Gasteiger partial charge in [-0.25, -0.2) is 0 Å². The molecule has 164 valence electrons. The van der Waals surface area contributed by atoms with Gasteiger partial charge >= 0.3 is 0 Å². The van der Waals surface area contributed by atoms with Crippen molar-refractivity contribution in [1.29, 1.82) is 0 Å². The average Bonchev–Trinajstić information content (AvgIpc) is 3.27. The third-order valence-corrected chi connectivity index (χ3v) is 5.72.